The molecule has 0 aliphatic rings. The fourth-order valence-electron chi connectivity index (χ4n) is 2.15. The molecule has 0 radical (unpaired) electrons. The van der Waals surface area contributed by atoms with Crippen LogP contribution >= 0.6 is 0 Å². The van der Waals surface area contributed by atoms with Crippen LogP contribution in [0.25, 0.3) is 11.0 Å². The van der Waals surface area contributed by atoms with E-state index in [2.05, 4.69) is 34.3 Å². The predicted octanol–water partition coefficient (Wildman–Crippen LogP) is 2.78. The van der Waals surface area contributed by atoms with Crippen LogP contribution < -0.4 is 11.0 Å². The SMILES string of the molecule is Cc1ccccc1CNc1ccc2[nH]c(=O)[nH]c2c1. The maximum absolute atomic E-state index is 11.2. The Morgan fingerprint density at radius 3 is 2.68 bits per heavy atom. The highest BCUT2D eigenvalue weighted by Gasteiger charge is 2.01. The summed E-state index contributed by atoms with van der Waals surface area (Å²) >= 11 is 0. The van der Waals surface area contributed by atoms with Crippen LogP contribution in [-0.4, -0.2) is 9.97 Å². The van der Waals surface area contributed by atoms with Gasteiger partial charge in [-0.15, -0.1) is 0 Å². The maximum atomic E-state index is 11.2. The van der Waals surface area contributed by atoms with E-state index in [-0.39, 0.29) is 5.69 Å². The minimum Gasteiger partial charge on any atom is -0.381 e. The Labute approximate surface area is 110 Å². The van der Waals surface area contributed by atoms with Gasteiger partial charge in [0.15, 0.2) is 0 Å². The number of nitrogens with one attached hydrogen (secondary N) is 3. The van der Waals surface area contributed by atoms with Gasteiger partial charge >= 0.3 is 5.69 Å². The molecule has 0 spiro atoms. The number of H-pyrrole nitrogens is 2. The third kappa shape index (κ3) is 2.38. The van der Waals surface area contributed by atoms with Gasteiger partial charge in [0.1, 0.15) is 0 Å². The quantitative estimate of drug-likeness (QED) is 0.672. The average molecular weight is 253 g/mol. The molecule has 19 heavy (non-hydrogen) atoms. The van der Waals surface area contributed by atoms with Crippen LogP contribution in [0.3, 0.4) is 0 Å². The van der Waals surface area contributed by atoms with E-state index in [9.17, 15) is 4.79 Å². The molecule has 3 aromatic rings. The van der Waals surface area contributed by atoms with E-state index in [1.54, 1.807) is 0 Å². The van der Waals surface area contributed by atoms with E-state index in [0.717, 1.165) is 23.3 Å². The maximum Gasteiger partial charge on any atom is 0.323 e. The van der Waals surface area contributed by atoms with Crippen molar-refractivity contribution in [2.45, 2.75) is 13.5 Å². The average Bonchev–Trinajstić information content (AvgIpc) is 2.77. The Balaban J connectivity index is 1.82. The summed E-state index contributed by atoms with van der Waals surface area (Å²) in [5.41, 5.74) is 5.00. The summed E-state index contributed by atoms with van der Waals surface area (Å²) in [5.74, 6) is 0. The zero-order valence-electron chi connectivity index (χ0n) is 10.7. The molecular weight excluding hydrogens is 238 g/mol. The summed E-state index contributed by atoms with van der Waals surface area (Å²) in [5, 5.41) is 3.37. The molecule has 0 unspecified atom stereocenters. The second kappa shape index (κ2) is 4.65. The molecule has 0 saturated heterocycles. The van der Waals surface area contributed by atoms with E-state index in [4.69, 9.17) is 0 Å². The van der Waals surface area contributed by atoms with Crippen LogP contribution in [0.1, 0.15) is 11.1 Å². The van der Waals surface area contributed by atoms with Crippen molar-refractivity contribution >= 4 is 16.7 Å². The number of rotatable bonds is 3. The van der Waals surface area contributed by atoms with E-state index in [1.165, 1.54) is 11.1 Å². The second-order valence-electron chi connectivity index (χ2n) is 4.62. The minimum absolute atomic E-state index is 0.175. The Morgan fingerprint density at radius 2 is 1.84 bits per heavy atom. The standard InChI is InChI=1S/C15H15N3O/c1-10-4-2-3-5-11(10)9-16-12-6-7-13-14(8-12)18-15(19)17-13/h2-8,16H,9H2,1H3,(H2,17,18,19). The van der Waals surface area contributed by atoms with Crippen molar-refractivity contribution in [2.24, 2.45) is 0 Å². The lowest BCUT2D eigenvalue weighted by Crippen LogP contribution is -2.01. The molecule has 2 aromatic carbocycles. The van der Waals surface area contributed by atoms with Crippen molar-refractivity contribution in [3.05, 3.63) is 64.1 Å². The first kappa shape index (κ1) is 11.6. The predicted molar refractivity (Wildman–Crippen MR) is 77.4 cm³/mol. The number of imidazole rings is 1. The fraction of sp³-hybridized carbons (Fsp3) is 0.133. The van der Waals surface area contributed by atoms with Crippen LogP contribution in [0.15, 0.2) is 47.3 Å². The van der Waals surface area contributed by atoms with E-state index >= 15 is 0 Å². The molecule has 3 rings (SSSR count). The number of hydrogen-bond acceptors (Lipinski definition) is 2. The molecule has 4 nitrogen and oxygen atoms in total. The van der Waals surface area contributed by atoms with Crippen LogP contribution in [0.5, 0.6) is 0 Å². The molecule has 0 aliphatic heterocycles. The summed E-state index contributed by atoms with van der Waals surface area (Å²) in [4.78, 5) is 16.7. The summed E-state index contributed by atoms with van der Waals surface area (Å²) in [6, 6.07) is 14.1. The van der Waals surface area contributed by atoms with Gasteiger partial charge in [0.25, 0.3) is 0 Å². The Morgan fingerprint density at radius 1 is 1.05 bits per heavy atom. The van der Waals surface area contributed by atoms with Crippen molar-refractivity contribution in [1.29, 1.82) is 0 Å². The van der Waals surface area contributed by atoms with Crippen LogP contribution in [0.4, 0.5) is 5.69 Å². The first-order valence-corrected chi connectivity index (χ1v) is 6.23. The lowest BCUT2D eigenvalue weighted by Gasteiger charge is -2.08. The molecule has 0 saturated carbocycles. The highest BCUT2D eigenvalue weighted by Crippen LogP contribution is 2.16. The number of aryl methyl sites for hydroxylation is 1. The van der Waals surface area contributed by atoms with Crippen molar-refractivity contribution in [2.75, 3.05) is 5.32 Å². The zero-order chi connectivity index (χ0) is 13.2. The largest absolute Gasteiger partial charge is 0.381 e. The lowest BCUT2D eigenvalue weighted by atomic mass is 10.1. The monoisotopic (exact) mass is 253 g/mol. The van der Waals surface area contributed by atoms with Crippen molar-refractivity contribution in [1.82, 2.24) is 9.97 Å². The van der Waals surface area contributed by atoms with Gasteiger partial charge in [-0.25, -0.2) is 4.79 Å². The highest BCUT2D eigenvalue weighted by atomic mass is 16.1. The number of anilines is 1. The Kier molecular flexibility index (Phi) is 2.83. The van der Waals surface area contributed by atoms with Gasteiger partial charge < -0.3 is 15.3 Å². The smallest absolute Gasteiger partial charge is 0.323 e. The fourth-order valence-corrected chi connectivity index (χ4v) is 2.15. The van der Waals surface area contributed by atoms with Gasteiger partial charge in [-0.05, 0) is 36.2 Å². The minimum atomic E-state index is -0.175. The molecular formula is C15H15N3O. The van der Waals surface area contributed by atoms with Crippen molar-refractivity contribution in [3.63, 3.8) is 0 Å². The molecule has 0 amide bonds. The molecule has 0 aliphatic carbocycles. The van der Waals surface area contributed by atoms with E-state index in [0.29, 0.717) is 0 Å². The first-order chi connectivity index (χ1) is 9.22. The van der Waals surface area contributed by atoms with Gasteiger partial charge in [0.2, 0.25) is 0 Å². The van der Waals surface area contributed by atoms with Gasteiger partial charge in [0.05, 0.1) is 11.0 Å². The van der Waals surface area contributed by atoms with Gasteiger partial charge in [-0.3, -0.25) is 0 Å². The van der Waals surface area contributed by atoms with Crippen LogP contribution in [0.2, 0.25) is 0 Å². The summed E-state index contributed by atoms with van der Waals surface area (Å²) in [6.07, 6.45) is 0. The molecule has 4 heteroatoms. The first-order valence-electron chi connectivity index (χ1n) is 6.23. The molecule has 0 fully saturated rings. The lowest BCUT2D eigenvalue weighted by molar-refractivity contribution is 1.12. The number of benzene rings is 2. The highest BCUT2D eigenvalue weighted by molar-refractivity contribution is 5.78. The number of aromatic nitrogens is 2. The van der Waals surface area contributed by atoms with Gasteiger partial charge in [-0.2, -0.15) is 0 Å². The number of hydrogen-bond donors (Lipinski definition) is 3. The summed E-state index contributed by atoms with van der Waals surface area (Å²) in [6.45, 7) is 2.87. The topological polar surface area (TPSA) is 60.7 Å². The van der Waals surface area contributed by atoms with Crippen LogP contribution in [0, 0.1) is 6.92 Å². The Bertz CT molecular complexity index is 770. The number of aromatic amines is 2. The number of fused-ring (bicyclic) bond motifs is 1. The van der Waals surface area contributed by atoms with E-state index < -0.39 is 0 Å². The summed E-state index contributed by atoms with van der Waals surface area (Å²) in [7, 11) is 0. The normalized spacial score (nSPS) is 10.8. The molecule has 0 bridgehead atoms. The molecule has 1 heterocycles. The van der Waals surface area contributed by atoms with E-state index in [1.807, 2.05) is 30.3 Å². The summed E-state index contributed by atoms with van der Waals surface area (Å²) < 4.78 is 0. The molecule has 96 valence electrons. The third-order valence-corrected chi connectivity index (χ3v) is 3.26. The third-order valence-electron chi connectivity index (χ3n) is 3.26. The van der Waals surface area contributed by atoms with Gasteiger partial charge in [0, 0.05) is 12.2 Å². The second-order valence-corrected chi connectivity index (χ2v) is 4.62. The van der Waals surface area contributed by atoms with Crippen molar-refractivity contribution in [3.8, 4) is 0 Å². The molecule has 0 atom stereocenters. The Hall–Kier alpha value is -2.49. The zero-order valence-corrected chi connectivity index (χ0v) is 10.7. The molecule has 3 N–H and O–H groups in total. The van der Waals surface area contributed by atoms with Crippen LogP contribution in [-0.2, 0) is 6.54 Å². The van der Waals surface area contributed by atoms with Gasteiger partial charge in [-0.1, -0.05) is 24.3 Å². The molecule has 1 aromatic heterocycles. The van der Waals surface area contributed by atoms with Crippen molar-refractivity contribution < 1.29 is 0 Å².